The highest BCUT2D eigenvalue weighted by Crippen LogP contribution is 2.54. The monoisotopic (exact) mass is 1870 g/mol. The van der Waals surface area contributed by atoms with Crippen LogP contribution in [0.15, 0.2) is 60.7 Å². The maximum atomic E-state index is 11.3. The molecule has 10 rings (SSSR count). The molecule has 0 atom stereocenters. The number of carboxylic acids is 5. The van der Waals surface area contributed by atoms with Gasteiger partial charge in [0.05, 0.1) is 27.1 Å². The van der Waals surface area contributed by atoms with Crippen molar-refractivity contribution < 1.29 is 80.1 Å². The number of hydrogen-bond donors (Lipinski definition) is 11. The molecule has 5 fully saturated rings. The van der Waals surface area contributed by atoms with Crippen LogP contribution in [0.3, 0.4) is 0 Å². The van der Waals surface area contributed by atoms with E-state index in [1.54, 1.807) is 41.0 Å². The van der Waals surface area contributed by atoms with Gasteiger partial charge in [-0.05, 0) is 392 Å². The third kappa shape index (κ3) is 42.9. The molecule has 0 aliphatic heterocycles. The van der Waals surface area contributed by atoms with Crippen LogP contribution in [-0.4, -0.2) is 86.0 Å². The van der Waals surface area contributed by atoms with E-state index in [0.29, 0.717) is 27.1 Å². The normalized spacial score (nSPS) is 15.7. The standard InChI is InChI=1S/2C25H40O2.3C23H36O4/c1-19-17-20(2)22(21(18-19)11-8-10-13-24(3,4)5)12-7-6-9-14-25(15-16-25)23(26)27;1-19-17-20(2)22(12-8-10-13-24(3,4)5)21(18-19)11-7-6-9-14-25(15-16-25)23(26)27;1-22(2,3)11-8-6-9-17-15-18(24)16-20(25)19(17)10-5-4-7-12-23(13-14-23)21(26)27;1-22(2,3)13-8-6-10-18-17(19(24)11-12-20(18)25)9-5-4-7-14-23(15-16-23)21(26)27;1-22(2,3)11-8-6-10-19-17(15-18(24)16-20(19)25)9-5-4-7-12-23(13-14-23)21(26)27/h2*17-18H,6-16H2,1-5H3,(H,26,27);15-16,24-25H,4-14H2,1-3H3,(H,26,27);11-12,24-25H,4-10,13-16H2,1-3H3,(H,26,27);15-16,24-25H,4-14H2,1-3H3,(H,26,27). The summed E-state index contributed by atoms with van der Waals surface area (Å²) in [4.78, 5) is 56.2. The van der Waals surface area contributed by atoms with Crippen LogP contribution >= 0.6 is 0 Å². The van der Waals surface area contributed by atoms with Crippen LogP contribution in [0.4, 0.5) is 0 Å². The van der Waals surface area contributed by atoms with E-state index >= 15 is 0 Å². The summed E-state index contributed by atoms with van der Waals surface area (Å²) in [6.45, 7) is 43.0. The first-order chi connectivity index (χ1) is 63.2. The fourth-order valence-corrected chi connectivity index (χ4v) is 20.1. The van der Waals surface area contributed by atoms with Crippen LogP contribution in [0.5, 0.6) is 34.5 Å². The minimum absolute atomic E-state index is 0.115. The zero-order valence-corrected chi connectivity index (χ0v) is 88.1. The largest absolute Gasteiger partial charge is 0.508 e. The van der Waals surface area contributed by atoms with E-state index in [0.717, 1.165) is 316 Å². The Labute approximate surface area is 817 Å². The minimum atomic E-state index is -0.648. The van der Waals surface area contributed by atoms with Crippen LogP contribution in [-0.2, 0) is 88.2 Å². The summed E-state index contributed by atoms with van der Waals surface area (Å²) in [6, 6.07) is 19.0. The van der Waals surface area contributed by atoms with Crippen LogP contribution in [0.25, 0.3) is 0 Å². The summed E-state index contributed by atoms with van der Waals surface area (Å²) in [5.41, 5.74) is 17.4. The Bertz CT molecular complexity index is 4270. The van der Waals surface area contributed by atoms with Crippen molar-refractivity contribution in [2.24, 2.45) is 54.1 Å². The van der Waals surface area contributed by atoms with Gasteiger partial charge < -0.3 is 56.2 Å². The molecule has 0 heterocycles. The van der Waals surface area contributed by atoms with Gasteiger partial charge in [-0.1, -0.05) is 236 Å². The third-order valence-corrected chi connectivity index (χ3v) is 29.9. The van der Waals surface area contributed by atoms with Gasteiger partial charge in [0, 0.05) is 23.3 Å². The summed E-state index contributed by atoms with van der Waals surface area (Å²) >= 11 is 0. The fourth-order valence-electron chi connectivity index (χ4n) is 20.1. The van der Waals surface area contributed by atoms with Gasteiger partial charge in [-0.25, -0.2) is 0 Å². The molecule has 16 nitrogen and oxygen atoms in total. The number of carboxylic acid groups (broad SMARTS) is 5. The van der Waals surface area contributed by atoms with Gasteiger partial charge in [0.2, 0.25) is 0 Å². The second-order valence-electron chi connectivity index (χ2n) is 48.8. The van der Waals surface area contributed by atoms with Crippen molar-refractivity contribution in [3.8, 4) is 34.5 Å². The number of hydrogen-bond acceptors (Lipinski definition) is 11. The second-order valence-corrected chi connectivity index (χ2v) is 48.8. The van der Waals surface area contributed by atoms with Crippen molar-refractivity contribution >= 4 is 29.8 Å². The van der Waals surface area contributed by atoms with Gasteiger partial charge in [0.1, 0.15) is 34.5 Å². The number of aryl methyl sites for hydroxylation is 8. The zero-order valence-electron chi connectivity index (χ0n) is 88.1. The third-order valence-electron chi connectivity index (χ3n) is 29.9. The van der Waals surface area contributed by atoms with Crippen molar-refractivity contribution in [1.29, 1.82) is 0 Å². The van der Waals surface area contributed by atoms with Gasteiger partial charge >= 0.3 is 29.8 Å². The fraction of sp³-hybridized carbons (Fsp3) is 0.706. The number of carbonyl (C=O) groups is 5. The molecule has 0 bridgehead atoms. The number of phenols is 6. The van der Waals surface area contributed by atoms with Crippen LogP contribution < -0.4 is 0 Å². The first kappa shape index (κ1) is 116. The average molecular weight is 1870 g/mol. The second kappa shape index (κ2) is 53.6. The Hall–Kier alpha value is -7.75. The highest BCUT2D eigenvalue weighted by molar-refractivity contribution is 5.79. The summed E-state index contributed by atoms with van der Waals surface area (Å²) in [5, 5.41) is 107. The predicted octanol–water partition coefficient (Wildman–Crippen LogP) is 31.5. The summed E-state index contributed by atoms with van der Waals surface area (Å²) in [5.74, 6) is -1.91. The Morgan fingerprint density at radius 3 is 0.637 bits per heavy atom. The molecule has 0 amide bonds. The van der Waals surface area contributed by atoms with Crippen LogP contribution in [0, 0.1) is 81.8 Å². The topological polar surface area (TPSA) is 308 Å². The van der Waals surface area contributed by atoms with Gasteiger partial charge in [-0.2, -0.15) is 0 Å². The Balaban J connectivity index is 0.000000259. The Morgan fingerprint density at radius 1 is 0.230 bits per heavy atom. The smallest absolute Gasteiger partial charge is 0.309 e. The van der Waals surface area contributed by atoms with E-state index in [-0.39, 0.29) is 45.3 Å². The molecule has 0 unspecified atom stereocenters. The number of aliphatic carboxylic acids is 5. The molecule has 5 aliphatic carbocycles. The van der Waals surface area contributed by atoms with E-state index in [1.165, 1.54) is 111 Å². The van der Waals surface area contributed by atoms with Crippen molar-refractivity contribution in [3.63, 3.8) is 0 Å². The molecule has 135 heavy (non-hydrogen) atoms. The summed E-state index contributed by atoms with van der Waals surface area (Å²) in [6.07, 6.45) is 54.8. The molecule has 5 aliphatic rings. The highest BCUT2D eigenvalue weighted by atomic mass is 16.4. The molecule has 760 valence electrons. The molecular weight excluding hydrogens is 1690 g/mol. The minimum Gasteiger partial charge on any atom is -0.508 e. The molecule has 5 aromatic carbocycles. The van der Waals surface area contributed by atoms with Crippen molar-refractivity contribution in [1.82, 2.24) is 0 Å². The molecule has 0 spiro atoms. The van der Waals surface area contributed by atoms with E-state index < -0.39 is 46.1 Å². The number of rotatable bonds is 55. The maximum absolute atomic E-state index is 11.3. The predicted molar refractivity (Wildman–Crippen MR) is 554 cm³/mol. The van der Waals surface area contributed by atoms with Gasteiger partial charge in [0.15, 0.2) is 0 Å². The summed E-state index contributed by atoms with van der Waals surface area (Å²) in [7, 11) is 0. The zero-order chi connectivity index (χ0) is 100. The lowest BCUT2D eigenvalue weighted by atomic mass is 9.87. The van der Waals surface area contributed by atoms with E-state index in [1.807, 2.05) is 0 Å². The van der Waals surface area contributed by atoms with Crippen molar-refractivity contribution in [2.75, 3.05) is 0 Å². The molecule has 11 N–H and O–H groups in total. The lowest BCUT2D eigenvalue weighted by Crippen LogP contribution is -2.14. The van der Waals surface area contributed by atoms with E-state index in [9.17, 15) is 80.1 Å². The first-order valence-electron chi connectivity index (χ1n) is 53.1. The average Bonchev–Trinajstić information content (AvgIpc) is 1.66. The molecule has 5 saturated carbocycles. The quantitative estimate of drug-likeness (QED) is 0.0127. The lowest BCUT2D eigenvalue weighted by Gasteiger charge is -2.19. The van der Waals surface area contributed by atoms with Gasteiger partial charge in [-0.3, -0.25) is 24.0 Å². The van der Waals surface area contributed by atoms with Crippen molar-refractivity contribution in [3.05, 3.63) is 139 Å². The Morgan fingerprint density at radius 2 is 0.422 bits per heavy atom. The SMILES string of the molecule is CC(C)(C)CCCCc1c(O)cc(O)cc1CCCCCC1(C(=O)O)CC1.CC(C)(C)CCCCc1c(O)ccc(O)c1CCCCCC1(C(=O)O)CC1.CC(C)(C)CCCCc1cc(O)cc(O)c1CCCCCC1(C(=O)O)CC1.Cc1cc(C)c(CCCCC(C)(C)C)c(CCCCCC2(C(=O)O)CC2)c1.Cc1cc(C)c(CCCCCC2(C(=O)O)CC2)c(CCCCC(C)(C)C)c1. The summed E-state index contributed by atoms with van der Waals surface area (Å²) < 4.78 is 0. The van der Waals surface area contributed by atoms with E-state index in [4.69, 9.17) is 0 Å². The lowest BCUT2D eigenvalue weighted by molar-refractivity contribution is -0.144. The Kier molecular flexibility index (Phi) is 46.0. The maximum Gasteiger partial charge on any atom is 0.309 e. The number of benzene rings is 5. The van der Waals surface area contributed by atoms with Crippen LogP contribution in [0.2, 0.25) is 0 Å². The van der Waals surface area contributed by atoms with Gasteiger partial charge in [-0.15, -0.1) is 0 Å². The molecule has 0 radical (unpaired) electrons. The molecule has 16 heteroatoms. The molecular formula is C119H188O16. The number of phenolic OH excluding ortho intramolecular Hbond substituents is 6. The molecule has 0 saturated heterocycles. The van der Waals surface area contributed by atoms with Crippen molar-refractivity contribution in [2.45, 2.75) is 485 Å². The first-order valence-corrected chi connectivity index (χ1v) is 53.1. The molecule has 5 aromatic rings. The highest BCUT2D eigenvalue weighted by Gasteiger charge is 2.52. The number of aromatic hydroxyl groups is 6. The van der Waals surface area contributed by atoms with Crippen LogP contribution in [0.1, 0.15) is 471 Å². The molecule has 0 aromatic heterocycles. The van der Waals surface area contributed by atoms with Gasteiger partial charge in [0.25, 0.3) is 0 Å². The number of unbranched alkanes of at least 4 members (excludes halogenated alkanes) is 15. The van der Waals surface area contributed by atoms with E-state index in [2.05, 4.69) is 156 Å².